The first kappa shape index (κ1) is 9.91. The second-order valence-electron chi connectivity index (χ2n) is 6.53. The molecule has 0 spiro atoms. The van der Waals surface area contributed by atoms with Crippen molar-refractivity contribution in [2.45, 2.75) is 39.4 Å². The minimum Gasteiger partial charge on any atom is -0.201 e. The molecule has 25 heavy (non-hydrogen) atoms. The summed E-state index contributed by atoms with van der Waals surface area (Å²) in [7, 11) is 1.78. The van der Waals surface area contributed by atoms with Crippen LogP contribution in [0, 0.1) is 13.8 Å². The van der Waals surface area contributed by atoms with E-state index in [1.54, 1.807) is 29.9 Å². The van der Waals surface area contributed by atoms with Gasteiger partial charge in [0.2, 0.25) is 5.69 Å². The van der Waals surface area contributed by atoms with Crippen LogP contribution in [0.2, 0.25) is 0 Å². The third-order valence-corrected chi connectivity index (χ3v) is 4.76. The number of benzene rings is 2. The molecule has 0 fully saturated rings. The fourth-order valence-corrected chi connectivity index (χ4v) is 3.44. The van der Waals surface area contributed by atoms with Crippen LogP contribution in [0.15, 0.2) is 54.7 Å². The largest absolute Gasteiger partial charge is 0.213 e. The van der Waals surface area contributed by atoms with Crippen LogP contribution < -0.4 is 4.57 Å². The number of pyridine rings is 1. The van der Waals surface area contributed by atoms with Gasteiger partial charge in [-0.15, -0.1) is 0 Å². The molecule has 1 heterocycles. The normalized spacial score (nSPS) is 22.2. The molecule has 1 aliphatic rings. The Balaban J connectivity index is 1.99. The first-order chi connectivity index (χ1) is 14.8. The van der Waals surface area contributed by atoms with Crippen LogP contribution in [0.1, 0.15) is 44.7 Å². The molecule has 0 amide bonds. The average molecular weight is 336 g/mol. The summed E-state index contributed by atoms with van der Waals surface area (Å²) in [6, 6.07) is 14.7. The van der Waals surface area contributed by atoms with Gasteiger partial charge in [-0.3, -0.25) is 0 Å². The molecular weight excluding hydrogens is 302 g/mol. The fourth-order valence-electron chi connectivity index (χ4n) is 3.44. The van der Waals surface area contributed by atoms with Gasteiger partial charge in [-0.2, -0.15) is 0 Å². The first-order valence-corrected chi connectivity index (χ1v) is 8.57. The predicted molar refractivity (Wildman–Crippen MR) is 105 cm³/mol. The number of rotatable bonds is 2. The summed E-state index contributed by atoms with van der Waals surface area (Å²) in [4.78, 5) is 0. The molecule has 126 valence electrons. The van der Waals surface area contributed by atoms with Gasteiger partial charge in [-0.1, -0.05) is 36.4 Å². The number of aromatic nitrogens is 1. The zero-order valence-electron chi connectivity index (χ0n) is 21.6. The number of hydrogen-bond donors (Lipinski definition) is 0. The van der Waals surface area contributed by atoms with Gasteiger partial charge in [-0.05, 0) is 73.2 Å². The van der Waals surface area contributed by atoms with Crippen molar-refractivity contribution in [1.29, 1.82) is 0 Å². The minimum atomic E-state index is -2.29. The van der Waals surface area contributed by atoms with Crippen LogP contribution in [0.3, 0.4) is 0 Å². The Morgan fingerprint density at radius 1 is 0.920 bits per heavy atom. The lowest BCUT2D eigenvalue weighted by Gasteiger charge is -2.18. The number of hydrogen-bond acceptors (Lipinski definition) is 0. The Kier molecular flexibility index (Phi) is 2.57. The van der Waals surface area contributed by atoms with Gasteiger partial charge in [0.05, 0.1) is 0 Å². The smallest absolute Gasteiger partial charge is 0.201 e. The van der Waals surface area contributed by atoms with Gasteiger partial charge in [0.15, 0.2) is 6.20 Å². The third-order valence-electron chi connectivity index (χ3n) is 4.76. The molecule has 0 N–H and O–H groups in total. The van der Waals surface area contributed by atoms with Gasteiger partial charge >= 0.3 is 0 Å². The maximum absolute atomic E-state index is 8.48. The Bertz CT molecular complexity index is 1180. The highest BCUT2D eigenvalue weighted by Crippen LogP contribution is 2.32. The molecule has 2 aromatic carbocycles. The monoisotopic (exact) mass is 335 g/mol. The molecule has 1 aliphatic carbocycles. The number of nitrogens with zero attached hydrogens (tertiary/aromatic N) is 1. The fraction of sp³-hybridized carbons (Fsp3) is 0.292. The van der Waals surface area contributed by atoms with Crippen molar-refractivity contribution < 1.29 is 14.2 Å². The summed E-state index contributed by atoms with van der Waals surface area (Å²) in [5, 5.41) is 0. The molecule has 0 saturated carbocycles. The van der Waals surface area contributed by atoms with Crippen LogP contribution in [0.4, 0.5) is 0 Å². The molecular formula is C24H26N+. The quantitative estimate of drug-likeness (QED) is 0.557. The molecule has 0 saturated heterocycles. The van der Waals surface area contributed by atoms with Crippen molar-refractivity contribution in [1.82, 2.24) is 0 Å². The molecule has 4 rings (SSSR count). The topological polar surface area (TPSA) is 3.88 Å². The van der Waals surface area contributed by atoms with E-state index in [-0.39, 0.29) is 18.4 Å². The van der Waals surface area contributed by atoms with Crippen molar-refractivity contribution in [3.05, 3.63) is 77.0 Å². The van der Waals surface area contributed by atoms with E-state index < -0.39 is 19.6 Å². The van der Waals surface area contributed by atoms with Gasteiger partial charge < -0.3 is 0 Å². The maximum Gasteiger partial charge on any atom is 0.213 e. The van der Waals surface area contributed by atoms with E-state index in [1.807, 2.05) is 43.3 Å². The lowest BCUT2D eigenvalue weighted by Crippen LogP contribution is -2.31. The molecule has 1 heteroatoms. The van der Waals surface area contributed by atoms with Crippen molar-refractivity contribution in [2.24, 2.45) is 7.05 Å². The summed E-state index contributed by atoms with van der Waals surface area (Å²) in [6.45, 7) is -0.407. The van der Waals surface area contributed by atoms with E-state index in [0.29, 0.717) is 16.7 Å². The number of aryl methyl sites for hydroxylation is 5. The summed E-state index contributed by atoms with van der Waals surface area (Å²) in [5.74, 6) is 0. The molecule has 0 atom stereocenters. The van der Waals surface area contributed by atoms with Crippen molar-refractivity contribution >= 4 is 0 Å². The lowest BCUT2D eigenvalue weighted by atomic mass is 9.87. The van der Waals surface area contributed by atoms with E-state index >= 15 is 0 Å². The van der Waals surface area contributed by atoms with E-state index in [1.165, 1.54) is 0 Å². The molecule has 0 unspecified atom stereocenters. The van der Waals surface area contributed by atoms with Crippen LogP contribution in [0.5, 0.6) is 0 Å². The Morgan fingerprint density at radius 3 is 2.36 bits per heavy atom. The second kappa shape index (κ2) is 6.48. The van der Waals surface area contributed by atoms with Crippen molar-refractivity contribution in [3.63, 3.8) is 0 Å². The summed E-state index contributed by atoms with van der Waals surface area (Å²) < 4.78 is 59.5. The van der Waals surface area contributed by atoms with Crippen molar-refractivity contribution in [3.8, 4) is 22.4 Å². The average Bonchev–Trinajstić information content (AvgIpc) is 2.71. The highest BCUT2D eigenvalue weighted by Gasteiger charge is 2.19. The minimum absolute atomic E-state index is 0.120. The van der Waals surface area contributed by atoms with Gasteiger partial charge in [0.25, 0.3) is 0 Å². The zero-order valence-corrected chi connectivity index (χ0v) is 14.6. The van der Waals surface area contributed by atoms with Crippen LogP contribution in [-0.2, 0) is 19.8 Å². The van der Waals surface area contributed by atoms with Crippen LogP contribution in [0.25, 0.3) is 22.4 Å². The lowest BCUT2D eigenvalue weighted by molar-refractivity contribution is -0.660. The maximum atomic E-state index is 8.48. The first-order valence-electron chi connectivity index (χ1n) is 12.1. The Hall–Kier alpha value is -2.41. The van der Waals surface area contributed by atoms with E-state index in [2.05, 4.69) is 0 Å². The van der Waals surface area contributed by atoms with Gasteiger partial charge in [-0.25, -0.2) is 4.57 Å². The molecule has 0 radical (unpaired) electrons. The second-order valence-corrected chi connectivity index (χ2v) is 6.53. The summed E-state index contributed by atoms with van der Waals surface area (Å²) in [6.07, 6.45) is -1.31. The summed E-state index contributed by atoms with van der Waals surface area (Å²) in [5.41, 5.74) is 4.76. The van der Waals surface area contributed by atoms with Gasteiger partial charge in [0.1, 0.15) is 7.05 Å². The van der Waals surface area contributed by atoms with Crippen LogP contribution in [-0.4, -0.2) is 0 Å². The Labute approximate surface area is 160 Å². The summed E-state index contributed by atoms with van der Waals surface area (Å²) >= 11 is 0. The predicted octanol–water partition coefficient (Wildman–Crippen LogP) is 5.34. The highest BCUT2D eigenvalue weighted by molar-refractivity contribution is 5.73. The third kappa shape index (κ3) is 3.00. The Morgan fingerprint density at radius 2 is 1.64 bits per heavy atom. The SMILES string of the molecule is [2H]C([2H])([2H])c1c[n+](C)c(-c2cc3c(cc2C)C([2H])([2H])CCC3([2H])[2H])cc1-c1ccccc1. The molecule has 0 aliphatic heterocycles. The van der Waals surface area contributed by atoms with E-state index in [4.69, 9.17) is 9.60 Å². The van der Waals surface area contributed by atoms with Crippen molar-refractivity contribution in [2.75, 3.05) is 0 Å². The highest BCUT2D eigenvalue weighted by atomic mass is 14.9. The molecule has 1 aromatic heterocycles. The molecule has 1 nitrogen and oxygen atoms in total. The van der Waals surface area contributed by atoms with Gasteiger partial charge in [0, 0.05) is 26.8 Å². The van der Waals surface area contributed by atoms with Crippen LogP contribution >= 0.6 is 0 Å². The van der Waals surface area contributed by atoms with E-state index in [9.17, 15) is 0 Å². The standard InChI is InChI=1S/C24H26N/c1-17-13-20-11-7-8-12-21(20)14-23(17)24-15-22(18(2)16-25(24)3)19-9-5-4-6-10-19/h4-6,9-10,13-16H,7-8,11-12H2,1-3H3/q+1/i2D3,11D2,12D2. The zero-order chi connectivity index (χ0) is 23.5. The molecule has 3 aromatic rings. The number of fused-ring (bicyclic) bond motifs is 1. The van der Waals surface area contributed by atoms with E-state index in [0.717, 1.165) is 22.4 Å². The molecule has 0 bridgehead atoms.